The molecule has 0 heterocycles. The lowest BCUT2D eigenvalue weighted by Gasteiger charge is -2.25. The Kier molecular flexibility index (Phi) is 2.81. The lowest BCUT2D eigenvalue weighted by Crippen LogP contribution is -2.35. The van der Waals surface area contributed by atoms with Crippen LogP contribution < -0.4 is 5.73 Å². The van der Waals surface area contributed by atoms with Crippen molar-refractivity contribution >= 4 is 15.9 Å². The van der Waals surface area contributed by atoms with E-state index >= 15 is 0 Å². The van der Waals surface area contributed by atoms with E-state index in [-0.39, 0.29) is 5.56 Å². The lowest BCUT2D eigenvalue weighted by atomic mass is 9.88. The van der Waals surface area contributed by atoms with E-state index in [2.05, 4.69) is 15.9 Å². The normalized spacial score (nSPS) is 19.5. The van der Waals surface area contributed by atoms with Crippen LogP contribution in [0.3, 0.4) is 0 Å². The fourth-order valence-electron chi connectivity index (χ4n) is 2.27. The molecule has 1 aromatic rings. The van der Waals surface area contributed by atoms with Gasteiger partial charge < -0.3 is 5.73 Å². The number of hydrogen-bond donors (Lipinski definition) is 1. The maximum atomic E-state index is 13.7. The van der Waals surface area contributed by atoms with Gasteiger partial charge in [-0.3, -0.25) is 0 Å². The first-order valence-corrected chi connectivity index (χ1v) is 5.76. The highest BCUT2D eigenvalue weighted by Gasteiger charge is 2.36. The molecule has 1 saturated carbocycles. The monoisotopic (exact) mass is 275 g/mol. The van der Waals surface area contributed by atoms with E-state index < -0.39 is 17.2 Å². The molecule has 0 spiro atoms. The molecule has 0 amide bonds. The summed E-state index contributed by atoms with van der Waals surface area (Å²) in [5.74, 6) is -1.10. The van der Waals surface area contributed by atoms with Crippen LogP contribution in [0.5, 0.6) is 0 Å². The van der Waals surface area contributed by atoms with Gasteiger partial charge in [0.05, 0.1) is 0 Å². The van der Waals surface area contributed by atoms with Crippen LogP contribution >= 0.6 is 15.9 Å². The van der Waals surface area contributed by atoms with Gasteiger partial charge >= 0.3 is 0 Å². The second kappa shape index (κ2) is 3.83. The van der Waals surface area contributed by atoms with Crippen LogP contribution in [0.1, 0.15) is 31.2 Å². The molecular weight excluding hydrogens is 264 g/mol. The van der Waals surface area contributed by atoms with Gasteiger partial charge in [0.2, 0.25) is 0 Å². The highest BCUT2D eigenvalue weighted by Crippen LogP contribution is 2.39. The van der Waals surface area contributed by atoms with E-state index in [0.717, 1.165) is 12.8 Å². The smallest absolute Gasteiger partial charge is 0.132 e. The fraction of sp³-hybridized carbons (Fsp3) is 0.455. The molecule has 1 fully saturated rings. The predicted molar refractivity (Wildman–Crippen MR) is 58.4 cm³/mol. The van der Waals surface area contributed by atoms with Gasteiger partial charge in [0.1, 0.15) is 11.6 Å². The summed E-state index contributed by atoms with van der Waals surface area (Å²) >= 11 is 3.05. The van der Waals surface area contributed by atoms with Crippen molar-refractivity contribution in [2.45, 2.75) is 31.2 Å². The molecule has 0 atom stereocenters. The minimum Gasteiger partial charge on any atom is -0.321 e. The Bertz CT molecular complexity index is 363. The molecule has 2 rings (SSSR count). The quantitative estimate of drug-likeness (QED) is 0.835. The van der Waals surface area contributed by atoms with Gasteiger partial charge in [0.15, 0.2) is 0 Å². The SMILES string of the molecule is NC1(c2c(F)cc(Br)cc2F)CCCC1. The highest BCUT2D eigenvalue weighted by atomic mass is 79.9. The molecular formula is C11H12BrF2N. The number of halogens is 3. The van der Waals surface area contributed by atoms with Crippen LogP contribution in [0.2, 0.25) is 0 Å². The van der Waals surface area contributed by atoms with E-state index in [0.29, 0.717) is 17.3 Å². The van der Waals surface area contributed by atoms with Crippen molar-refractivity contribution in [1.82, 2.24) is 0 Å². The van der Waals surface area contributed by atoms with Crippen LogP contribution in [0.4, 0.5) is 8.78 Å². The van der Waals surface area contributed by atoms with Crippen molar-refractivity contribution in [2.24, 2.45) is 5.73 Å². The third-order valence-corrected chi connectivity index (χ3v) is 3.46. The van der Waals surface area contributed by atoms with Crippen molar-refractivity contribution < 1.29 is 8.78 Å². The third kappa shape index (κ3) is 1.93. The zero-order valence-electron chi connectivity index (χ0n) is 8.19. The molecule has 0 aromatic heterocycles. The molecule has 1 nitrogen and oxygen atoms in total. The zero-order chi connectivity index (χ0) is 11.1. The predicted octanol–water partition coefficient (Wildman–Crippen LogP) is 3.46. The maximum absolute atomic E-state index is 13.7. The minimum atomic E-state index is -0.811. The maximum Gasteiger partial charge on any atom is 0.132 e. The zero-order valence-corrected chi connectivity index (χ0v) is 9.78. The summed E-state index contributed by atoms with van der Waals surface area (Å²) in [5.41, 5.74) is 5.27. The average molecular weight is 276 g/mol. The fourth-order valence-corrected chi connectivity index (χ4v) is 2.68. The van der Waals surface area contributed by atoms with E-state index in [9.17, 15) is 8.78 Å². The van der Waals surface area contributed by atoms with Gasteiger partial charge in [-0.15, -0.1) is 0 Å². The van der Waals surface area contributed by atoms with Gasteiger partial charge in [0, 0.05) is 15.6 Å². The molecule has 2 N–H and O–H groups in total. The lowest BCUT2D eigenvalue weighted by molar-refractivity contribution is 0.404. The summed E-state index contributed by atoms with van der Waals surface area (Å²) in [5, 5.41) is 0. The average Bonchev–Trinajstić information content (AvgIpc) is 2.50. The van der Waals surface area contributed by atoms with E-state index in [1.165, 1.54) is 12.1 Å². The number of hydrogen-bond acceptors (Lipinski definition) is 1. The van der Waals surface area contributed by atoms with E-state index in [1.54, 1.807) is 0 Å². The topological polar surface area (TPSA) is 26.0 Å². The van der Waals surface area contributed by atoms with Crippen LogP contribution in [0.25, 0.3) is 0 Å². The Labute approximate surface area is 95.8 Å². The first-order valence-electron chi connectivity index (χ1n) is 4.97. The van der Waals surface area contributed by atoms with Crippen molar-refractivity contribution in [2.75, 3.05) is 0 Å². The molecule has 0 unspecified atom stereocenters. The summed E-state index contributed by atoms with van der Waals surface area (Å²) in [4.78, 5) is 0. The molecule has 0 saturated heterocycles. The molecule has 1 aliphatic rings. The van der Waals surface area contributed by atoms with Crippen molar-refractivity contribution in [3.05, 3.63) is 33.8 Å². The second-order valence-electron chi connectivity index (χ2n) is 4.11. The standard InChI is InChI=1S/C11H12BrF2N/c12-7-5-8(13)10(9(14)6-7)11(15)3-1-2-4-11/h5-6H,1-4,15H2. The molecule has 1 aromatic carbocycles. The molecule has 4 heteroatoms. The first kappa shape index (κ1) is 11.0. The first-order chi connectivity index (χ1) is 7.03. The number of nitrogens with two attached hydrogens (primary N) is 1. The van der Waals surface area contributed by atoms with Crippen LogP contribution in [-0.4, -0.2) is 0 Å². The van der Waals surface area contributed by atoms with Crippen molar-refractivity contribution in [1.29, 1.82) is 0 Å². The van der Waals surface area contributed by atoms with Crippen molar-refractivity contribution in [3.63, 3.8) is 0 Å². The minimum absolute atomic E-state index is 0.0446. The summed E-state index contributed by atoms with van der Waals surface area (Å²) in [6.07, 6.45) is 3.18. The van der Waals surface area contributed by atoms with Gasteiger partial charge in [-0.05, 0) is 25.0 Å². The third-order valence-electron chi connectivity index (χ3n) is 3.00. The van der Waals surface area contributed by atoms with Crippen molar-refractivity contribution in [3.8, 4) is 0 Å². The van der Waals surface area contributed by atoms with Gasteiger partial charge in [-0.1, -0.05) is 28.8 Å². The highest BCUT2D eigenvalue weighted by molar-refractivity contribution is 9.10. The Morgan fingerprint density at radius 2 is 1.60 bits per heavy atom. The van der Waals surface area contributed by atoms with Gasteiger partial charge in [-0.2, -0.15) is 0 Å². The molecule has 15 heavy (non-hydrogen) atoms. The molecule has 1 aliphatic carbocycles. The number of benzene rings is 1. The largest absolute Gasteiger partial charge is 0.321 e. The van der Waals surface area contributed by atoms with E-state index in [4.69, 9.17) is 5.73 Å². The summed E-state index contributed by atoms with van der Waals surface area (Å²) in [7, 11) is 0. The van der Waals surface area contributed by atoms with E-state index in [1.807, 2.05) is 0 Å². The Morgan fingerprint density at radius 3 is 2.07 bits per heavy atom. The summed E-state index contributed by atoms with van der Waals surface area (Å²) < 4.78 is 27.7. The Hall–Kier alpha value is -0.480. The Balaban J connectivity index is 2.52. The van der Waals surface area contributed by atoms with Crippen LogP contribution in [0, 0.1) is 11.6 Å². The second-order valence-corrected chi connectivity index (χ2v) is 5.02. The molecule has 82 valence electrons. The van der Waals surface area contributed by atoms with Gasteiger partial charge in [0.25, 0.3) is 0 Å². The van der Waals surface area contributed by atoms with Crippen LogP contribution in [0.15, 0.2) is 16.6 Å². The molecule has 0 bridgehead atoms. The molecule has 0 radical (unpaired) electrons. The Morgan fingerprint density at radius 1 is 1.13 bits per heavy atom. The summed E-state index contributed by atoms with van der Waals surface area (Å²) in [6, 6.07) is 2.54. The summed E-state index contributed by atoms with van der Waals surface area (Å²) in [6.45, 7) is 0. The number of rotatable bonds is 1. The van der Waals surface area contributed by atoms with Gasteiger partial charge in [-0.25, -0.2) is 8.78 Å². The van der Waals surface area contributed by atoms with Crippen LogP contribution in [-0.2, 0) is 5.54 Å². The molecule has 0 aliphatic heterocycles.